The monoisotopic (exact) mass is 213 g/mol. The number of piperidine rings is 1. The highest BCUT2D eigenvalue weighted by Gasteiger charge is 2.31. The highest BCUT2D eigenvalue weighted by molar-refractivity contribution is 5.74. The lowest BCUT2D eigenvalue weighted by Gasteiger charge is -2.41. The van der Waals surface area contributed by atoms with Crippen LogP contribution >= 0.6 is 0 Å². The molecule has 0 bridgehead atoms. The third kappa shape index (κ3) is 2.62. The van der Waals surface area contributed by atoms with Gasteiger partial charge in [-0.25, -0.2) is 4.79 Å². The van der Waals surface area contributed by atoms with Crippen molar-refractivity contribution >= 4 is 6.03 Å². The molecule has 0 radical (unpaired) electrons. The van der Waals surface area contributed by atoms with Gasteiger partial charge in [-0.3, -0.25) is 0 Å². The Balaban J connectivity index is 2.69. The molecule has 1 aliphatic heterocycles. The first kappa shape index (κ1) is 12.3. The lowest BCUT2D eigenvalue weighted by atomic mass is 9.91. The van der Waals surface area contributed by atoms with E-state index in [2.05, 4.69) is 6.92 Å². The van der Waals surface area contributed by atoms with Gasteiger partial charge < -0.3 is 15.5 Å². The molecule has 15 heavy (non-hydrogen) atoms. The number of carbonyl (C=O) groups is 1. The van der Waals surface area contributed by atoms with E-state index in [0.29, 0.717) is 12.5 Å². The number of nitrogens with two attached hydrogens (primary N) is 1. The van der Waals surface area contributed by atoms with Crippen LogP contribution in [0.3, 0.4) is 0 Å². The standard InChI is InChI=1S/C11H23N3O/c1-4-13(3)11(15)14-7-5-6-9(2)10(14)8-12/h9-10H,4-8,12H2,1-3H3. The Hall–Kier alpha value is -0.770. The van der Waals surface area contributed by atoms with Gasteiger partial charge in [-0.2, -0.15) is 0 Å². The molecule has 0 spiro atoms. The number of hydrogen-bond acceptors (Lipinski definition) is 2. The summed E-state index contributed by atoms with van der Waals surface area (Å²) in [6, 6.07) is 0.347. The summed E-state index contributed by atoms with van der Waals surface area (Å²) >= 11 is 0. The molecule has 1 heterocycles. The lowest BCUT2D eigenvalue weighted by molar-refractivity contribution is 0.101. The van der Waals surface area contributed by atoms with Crippen LogP contribution in [0.15, 0.2) is 0 Å². The predicted octanol–water partition coefficient (Wildman–Crippen LogP) is 1.12. The van der Waals surface area contributed by atoms with Crippen molar-refractivity contribution in [1.29, 1.82) is 0 Å². The minimum absolute atomic E-state index is 0.125. The quantitative estimate of drug-likeness (QED) is 0.747. The van der Waals surface area contributed by atoms with E-state index in [-0.39, 0.29) is 12.1 Å². The Kier molecular flexibility index (Phi) is 4.39. The summed E-state index contributed by atoms with van der Waals surface area (Å²) in [5.74, 6) is 0.526. The first-order chi connectivity index (χ1) is 7.11. The second-order valence-electron chi connectivity index (χ2n) is 4.41. The van der Waals surface area contributed by atoms with Crippen LogP contribution in [0.25, 0.3) is 0 Å². The zero-order valence-electron chi connectivity index (χ0n) is 10.1. The zero-order valence-corrected chi connectivity index (χ0v) is 10.1. The molecule has 88 valence electrons. The first-order valence-electron chi connectivity index (χ1n) is 5.83. The molecular formula is C11H23N3O. The van der Waals surface area contributed by atoms with Gasteiger partial charge in [0, 0.05) is 32.7 Å². The lowest BCUT2D eigenvalue weighted by Crippen LogP contribution is -2.54. The van der Waals surface area contributed by atoms with Crippen LogP contribution in [-0.4, -0.2) is 48.6 Å². The van der Waals surface area contributed by atoms with E-state index in [0.717, 1.165) is 19.5 Å². The van der Waals surface area contributed by atoms with Crippen LogP contribution in [0.5, 0.6) is 0 Å². The third-order valence-electron chi connectivity index (χ3n) is 3.40. The second kappa shape index (κ2) is 5.35. The van der Waals surface area contributed by atoms with Crippen molar-refractivity contribution in [2.24, 2.45) is 11.7 Å². The molecule has 2 N–H and O–H groups in total. The minimum atomic E-state index is 0.125. The van der Waals surface area contributed by atoms with Crippen LogP contribution < -0.4 is 5.73 Å². The molecule has 4 nitrogen and oxygen atoms in total. The maximum Gasteiger partial charge on any atom is 0.320 e. The number of rotatable bonds is 2. The van der Waals surface area contributed by atoms with Gasteiger partial charge in [-0.15, -0.1) is 0 Å². The Morgan fingerprint density at radius 2 is 2.27 bits per heavy atom. The molecule has 0 aliphatic carbocycles. The summed E-state index contributed by atoms with van der Waals surface area (Å²) in [5, 5.41) is 0. The average molecular weight is 213 g/mol. The summed E-state index contributed by atoms with van der Waals surface area (Å²) in [7, 11) is 1.84. The van der Waals surface area contributed by atoms with E-state index in [4.69, 9.17) is 5.73 Å². The van der Waals surface area contributed by atoms with Gasteiger partial charge in [0.2, 0.25) is 0 Å². The van der Waals surface area contributed by atoms with Gasteiger partial charge in [0.15, 0.2) is 0 Å². The van der Waals surface area contributed by atoms with E-state index in [1.165, 1.54) is 6.42 Å². The number of carbonyl (C=O) groups excluding carboxylic acids is 1. The molecular weight excluding hydrogens is 190 g/mol. The summed E-state index contributed by atoms with van der Waals surface area (Å²) < 4.78 is 0. The number of urea groups is 1. The molecule has 2 amide bonds. The van der Waals surface area contributed by atoms with E-state index in [9.17, 15) is 4.79 Å². The van der Waals surface area contributed by atoms with E-state index in [1.54, 1.807) is 4.90 Å². The van der Waals surface area contributed by atoms with Crippen molar-refractivity contribution in [3.8, 4) is 0 Å². The molecule has 0 aromatic heterocycles. The van der Waals surface area contributed by atoms with Crippen molar-refractivity contribution in [3.63, 3.8) is 0 Å². The van der Waals surface area contributed by atoms with Crippen molar-refractivity contribution in [1.82, 2.24) is 9.80 Å². The smallest absolute Gasteiger partial charge is 0.320 e. The van der Waals surface area contributed by atoms with Crippen molar-refractivity contribution < 1.29 is 4.79 Å². The highest BCUT2D eigenvalue weighted by atomic mass is 16.2. The highest BCUT2D eigenvalue weighted by Crippen LogP contribution is 2.23. The van der Waals surface area contributed by atoms with E-state index >= 15 is 0 Å². The molecule has 4 heteroatoms. The SMILES string of the molecule is CCN(C)C(=O)N1CCCC(C)C1CN. The van der Waals surface area contributed by atoms with E-state index in [1.807, 2.05) is 18.9 Å². The Morgan fingerprint density at radius 1 is 1.60 bits per heavy atom. The van der Waals surface area contributed by atoms with Gasteiger partial charge in [-0.1, -0.05) is 6.92 Å². The fourth-order valence-corrected chi connectivity index (χ4v) is 2.20. The maximum atomic E-state index is 12.0. The van der Waals surface area contributed by atoms with Crippen molar-refractivity contribution in [3.05, 3.63) is 0 Å². The minimum Gasteiger partial charge on any atom is -0.328 e. The van der Waals surface area contributed by atoms with Crippen LogP contribution in [0.4, 0.5) is 4.79 Å². The zero-order chi connectivity index (χ0) is 11.4. The van der Waals surface area contributed by atoms with Crippen molar-refractivity contribution in [2.75, 3.05) is 26.7 Å². The van der Waals surface area contributed by atoms with Gasteiger partial charge in [-0.05, 0) is 25.7 Å². The number of amides is 2. The molecule has 0 aromatic carbocycles. The van der Waals surface area contributed by atoms with Crippen LogP contribution in [0.1, 0.15) is 26.7 Å². The Morgan fingerprint density at radius 3 is 2.80 bits per heavy atom. The summed E-state index contributed by atoms with van der Waals surface area (Å²) in [5.41, 5.74) is 5.75. The Labute approximate surface area is 92.4 Å². The summed E-state index contributed by atoms with van der Waals surface area (Å²) in [6.07, 6.45) is 2.28. The molecule has 1 aliphatic rings. The maximum absolute atomic E-state index is 12.0. The summed E-state index contributed by atoms with van der Waals surface area (Å²) in [6.45, 7) is 6.35. The molecule has 2 atom stereocenters. The van der Waals surface area contributed by atoms with Crippen LogP contribution in [-0.2, 0) is 0 Å². The van der Waals surface area contributed by atoms with Gasteiger partial charge in [0.05, 0.1) is 0 Å². The van der Waals surface area contributed by atoms with Gasteiger partial charge in [0.25, 0.3) is 0 Å². The first-order valence-corrected chi connectivity index (χ1v) is 5.83. The molecule has 2 unspecified atom stereocenters. The molecule has 1 saturated heterocycles. The van der Waals surface area contributed by atoms with Crippen molar-refractivity contribution in [2.45, 2.75) is 32.7 Å². The molecule has 0 saturated carbocycles. The normalized spacial score (nSPS) is 26.5. The molecule has 0 aromatic rings. The number of hydrogen-bond donors (Lipinski definition) is 1. The van der Waals surface area contributed by atoms with E-state index < -0.39 is 0 Å². The fraction of sp³-hybridized carbons (Fsp3) is 0.909. The number of nitrogens with zero attached hydrogens (tertiary/aromatic N) is 2. The van der Waals surface area contributed by atoms with Crippen LogP contribution in [0, 0.1) is 5.92 Å². The molecule has 1 rings (SSSR count). The number of likely N-dealkylation sites (tertiary alicyclic amines) is 1. The van der Waals surface area contributed by atoms with Crippen LogP contribution in [0.2, 0.25) is 0 Å². The van der Waals surface area contributed by atoms with Gasteiger partial charge >= 0.3 is 6.03 Å². The fourth-order valence-electron chi connectivity index (χ4n) is 2.20. The predicted molar refractivity (Wildman–Crippen MR) is 61.6 cm³/mol. The second-order valence-corrected chi connectivity index (χ2v) is 4.41. The Bertz CT molecular complexity index is 220. The third-order valence-corrected chi connectivity index (χ3v) is 3.40. The summed E-state index contributed by atoms with van der Waals surface area (Å²) in [4.78, 5) is 15.7. The topological polar surface area (TPSA) is 49.6 Å². The average Bonchev–Trinajstić information content (AvgIpc) is 2.26. The molecule has 1 fully saturated rings. The van der Waals surface area contributed by atoms with Gasteiger partial charge in [0.1, 0.15) is 0 Å². The largest absolute Gasteiger partial charge is 0.328 e.